The summed E-state index contributed by atoms with van der Waals surface area (Å²) in [5.74, 6) is -3.04. The lowest BCUT2D eigenvalue weighted by atomic mass is 10.0. The Morgan fingerprint density at radius 1 is 1.29 bits per heavy atom. The lowest BCUT2D eigenvalue weighted by molar-refractivity contribution is -0.192. The van der Waals surface area contributed by atoms with E-state index >= 15 is 0 Å². The molecule has 0 aliphatic carbocycles. The first-order valence-corrected chi connectivity index (χ1v) is 9.27. The predicted molar refractivity (Wildman–Crippen MR) is 102 cm³/mol. The number of aromatic nitrogens is 3. The van der Waals surface area contributed by atoms with Gasteiger partial charge in [0.2, 0.25) is 5.91 Å². The number of carboxylic acid groups (broad SMARTS) is 1. The van der Waals surface area contributed by atoms with Gasteiger partial charge in [0.1, 0.15) is 5.82 Å². The molecule has 3 heterocycles. The van der Waals surface area contributed by atoms with Gasteiger partial charge in [-0.1, -0.05) is 13.3 Å². The smallest absolute Gasteiger partial charge is 0.475 e. The van der Waals surface area contributed by atoms with Gasteiger partial charge in [-0.3, -0.25) is 9.78 Å². The summed E-state index contributed by atoms with van der Waals surface area (Å²) in [6.07, 6.45) is 0.233. The van der Waals surface area contributed by atoms with Crippen molar-refractivity contribution in [2.45, 2.75) is 38.8 Å². The number of hydrogen-bond donors (Lipinski definition) is 2. The van der Waals surface area contributed by atoms with E-state index in [1.165, 1.54) is 13.2 Å². The zero-order valence-corrected chi connectivity index (χ0v) is 16.8. The lowest BCUT2D eigenvalue weighted by Gasteiger charge is -2.15. The van der Waals surface area contributed by atoms with Crippen molar-refractivity contribution in [2.75, 3.05) is 12.4 Å². The summed E-state index contributed by atoms with van der Waals surface area (Å²) in [5.41, 5.74) is 1.86. The second-order valence-corrected chi connectivity index (χ2v) is 6.76. The highest BCUT2D eigenvalue weighted by Crippen LogP contribution is 2.22. The van der Waals surface area contributed by atoms with E-state index in [0.717, 1.165) is 37.1 Å². The summed E-state index contributed by atoms with van der Waals surface area (Å²) in [7, 11) is 1.30. The molecule has 9 nitrogen and oxygen atoms in total. The third-order valence-electron chi connectivity index (χ3n) is 4.41. The molecule has 1 aliphatic rings. The summed E-state index contributed by atoms with van der Waals surface area (Å²) < 4.78 is 38.0. The number of rotatable bonds is 1. The van der Waals surface area contributed by atoms with Gasteiger partial charge >= 0.3 is 18.1 Å². The summed E-state index contributed by atoms with van der Waals surface area (Å²) in [4.78, 5) is 37.5. The van der Waals surface area contributed by atoms with Gasteiger partial charge < -0.3 is 15.2 Å². The minimum absolute atomic E-state index is 0.0811. The fourth-order valence-corrected chi connectivity index (χ4v) is 2.74. The maximum Gasteiger partial charge on any atom is 0.490 e. The van der Waals surface area contributed by atoms with Crippen LogP contribution in [0.15, 0.2) is 24.4 Å². The van der Waals surface area contributed by atoms with Crippen LogP contribution in [0, 0.1) is 5.92 Å². The van der Waals surface area contributed by atoms with E-state index in [9.17, 15) is 22.8 Å². The first-order valence-electron chi connectivity index (χ1n) is 9.27. The molecule has 1 unspecified atom stereocenters. The fourth-order valence-electron chi connectivity index (χ4n) is 2.74. The number of aliphatic carboxylic acids is 1. The summed E-state index contributed by atoms with van der Waals surface area (Å²) in [5, 5.41) is 14.3. The largest absolute Gasteiger partial charge is 0.490 e. The Morgan fingerprint density at radius 2 is 1.97 bits per heavy atom. The van der Waals surface area contributed by atoms with E-state index in [1.54, 1.807) is 16.9 Å². The number of nitrogens with one attached hydrogen (secondary N) is 1. The highest BCUT2D eigenvalue weighted by molar-refractivity contribution is 5.94. The Bertz CT molecular complexity index is 958. The van der Waals surface area contributed by atoms with Crippen molar-refractivity contribution < 1.29 is 37.4 Å². The van der Waals surface area contributed by atoms with E-state index in [0.29, 0.717) is 5.82 Å². The van der Waals surface area contributed by atoms with Crippen molar-refractivity contribution in [1.82, 2.24) is 14.8 Å². The second-order valence-electron chi connectivity index (χ2n) is 6.76. The van der Waals surface area contributed by atoms with Crippen LogP contribution in [0.3, 0.4) is 0 Å². The van der Waals surface area contributed by atoms with Gasteiger partial charge in [0, 0.05) is 23.9 Å². The number of alkyl halides is 3. The molecule has 2 N–H and O–H groups in total. The SMILES string of the molecule is COC(=O)c1cc2n(n1)-c1ccnc(c1)CCCCC(C)C(=O)N2.O=C(O)C(F)(F)F. The zero-order valence-electron chi connectivity index (χ0n) is 16.8. The Kier molecular flexibility index (Phi) is 7.72. The Morgan fingerprint density at radius 3 is 2.58 bits per heavy atom. The number of nitrogens with zero attached hydrogens (tertiary/aromatic N) is 3. The van der Waals surface area contributed by atoms with E-state index in [4.69, 9.17) is 14.6 Å². The van der Waals surface area contributed by atoms with Crippen molar-refractivity contribution in [1.29, 1.82) is 0 Å². The molecule has 0 saturated carbocycles. The molecule has 3 rings (SSSR count). The van der Waals surface area contributed by atoms with Crippen LogP contribution in [0.4, 0.5) is 19.0 Å². The molecule has 0 saturated heterocycles. The minimum atomic E-state index is -5.08. The highest BCUT2D eigenvalue weighted by Gasteiger charge is 2.38. The van der Waals surface area contributed by atoms with Crippen molar-refractivity contribution in [3.05, 3.63) is 35.8 Å². The number of esters is 1. The van der Waals surface area contributed by atoms with Gasteiger partial charge in [-0.05, 0) is 31.4 Å². The van der Waals surface area contributed by atoms with Crippen LogP contribution in [0.25, 0.3) is 5.69 Å². The molecular formula is C19H21F3N4O5. The third-order valence-corrected chi connectivity index (χ3v) is 4.41. The van der Waals surface area contributed by atoms with Crippen molar-refractivity contribution in [3.8, 4) is 5.69 Å². The topological polar surface area (TPSA) is 123 Å². The first-order chi connectivity index (χ1) is 14.5. The maximum atomic E-state index is 12.4. The number of methoxy groups -OCH3 is 1. The average molecular weight is 442 g/mol. The number of amides is 1. The number of anilines is 1. The van der Waals surface area contributed by atoms with Gasteiger partial charge in [-0.15, -0.1) is 0 Å². The van der Waals surface area contributed by atoms with Crippen LogP contribution < -0.4 is 5.32 Å². The molecule has 12 heteroatoms. The number of aryl methyl sites for hydroxylation is 1. The molecule has 1 aliphatic heterocycles. The number of carboxylic acids is 1. The fraction of sp³-hybridized carbons (Fsp3) is 0.421. The molecule has 1 amide bonds. The normalized spacial score (nSPS) is 16.4. The second kappa shape index (κ2) is 10.0. The van der Waals surface area contributed by atoms with Crippen LogP contribution in [-0.2, 0) is 20.7 Å². The molecule has 2 bridgehead atoms. The van der Waals surface area contributed by atoms with Crippen molar-refractivity contribution in [2.24, 2.45) is 5.92 Å². The predicted octanol–water partition coefficient (Wildman–Crippen LogP) is 2.99. The van der Waals surface area contributed by atoms with Crippen molar-refractivity contribution in [3.63, 3.8) is 0 Å². The third kappa shape index (κ3) is 6.52. The van der Waals surface area contributed by atoms with E-state index in [1.807, 2.05) is 13.0 Å². The molecule has 0 radical (unpaired) electrons. The molecule has 1 atom stereocenters. The number of fused-ring (bicyclic) bond motifs is 4. The molecule has 31 heavy (non-hydrogen) atoms. The quantitative estimate of drug-likeness (QED) is 0.651. The molecule has 2 aromatic rings. The zero-order chi connectivity index (χ0) is 23.2. The first kappa shape index (κ1) is 23.8. The van der Waals surface area contributed by atoms with E-state index in [2.05, 4.69) is 15.4 Å². The number of pyridine rings is 1. The van der Waals surface area contributed by atoms with Gasteiger partial charge in [0.15, 0.2) is 5.69 Å². The lowest BCUT2D eigenvalue weighted by Crippen LogP contribution is -2.22. The standard InChI is InChI=1S/C17H20N4O3.C2HF3O2/c1-11-5-3-4-6-12-9-13(7-8-18-12)21-15(19-16(11)22)10-14(20-21)17(23)24-2;3-2(4,5)1(6)7/h7-11H,3-6H2,1-2H3,(H,19,22);(H,6,7). The van der Waals surface area contributed by atoms with Crippen molar-refractivity contribution >= 4 is 23.7 Å². The van der Waals surface area contributed by atoms with Crippen LogP contribution in [0.5, 0.6) is 0 Å². The molecule has 0 aromatic carbocycles. The summed E-state index contributed by atoms with van der Waals surface area (Å²) >= 11 is 0. The minimum Gasteiger partial charge on any atom is -0.475 e. The number of halogens is 3. The molecule has 0 spiro atoms. The number of carbonyl (C=O) groups excluding carboxylic acids is 2. The van der Waals surface area contributed by atoms with Crippen LogP contribution in [-0.4, -0.2) is 51.0 Å². The van der Waals surface area contributed by atoms with Gasteiger partial charge in [-0.25, -0.2) is 14.3 Å². The number of hydrogen-bond acceptors (Lipinski definition) is 6. The molecular weight excluding hydrogens is 421 g/mol. The summed E-state index contributed by atoms with van der Waals surface area (Å²) in [6.45, 7) is 1.90. The van der Waals surface area contributed by atoms with Crippen LogP contribution >= 0.6 is 0 Å². The van der Waals surface area contributed by atoms with Crippen LogP contribution in [0.1, 0.15) is 42.4 Å². The molecule has 2 aromatic heterocycles. The highest BCUT2D eigenvalue weighted by atomic mass is 19.4. The number of carbonyl (C=O) groups is 3. The van der Waals surface area contributed by atoms with Crippen LogP contribution in [0.2, 0.25) is 0 Å². The maximum absolute atomic E-state index is 12.4. The Balaban J connectivity index is 0.000000423. The van der Waals surface area contributed by atoms with Gasteiger partial charge in [-0.2, -0.15) is 18.3 Å². The van der Waals surface area contributed by atoms with Gasteiger partial charge in [0.05, 0.1) is 12.8 Å². The molecule has 0 fully saturated rings. The molecule has 168 valence electrons. The van der Waals surface area contributed by atoms with E-state index in [-0.39, 0.29) is 17.5 Å². The summed E-state index contributed by atoms with van der Waals surface area (Å²) in [6, 6.07) is 5.25. The number of ether oxygens (including phenoxy) is 1. The Labute approximate surface area is 175 Å². The average Bonchev–Trinajstić information content (AvgIpc) is 3.13. The Hall–Kier alpha value is -3.44. The van der Waals surface area contributed by atoms with Gasteiger partial charge in [0.25, 0.3) is 0 Å². The van der Waals surface area contributed by atoms with E-state index < -0.39 is 18.1 Å². The monoisotopic (exact) mass is 442 g/mol.